The second-order valence-corrected chi connectivity index (χ2v) is 3.96. The molecule has 0 amide bonds. The molecule has 0 saturated carbocycles. The predicted octanol–water partition coefficient (Wildman–Crippen LogP) is 2.30. The van der Waals surface area contributed by atoms with Crippen molar-refractivity contribution >= 4 is 0 Å². The van der Waals surface area contributed by atoms with Crippen molar-refractivity contribution in [1.29, 1.82) is 0 Å². The molecule has 0 aliphatic heterocycles. The number of terminal acetylenes is 1. The molecule has 1 N–H and O–H groups in total. The maximum Gasteiger partial charge on any atom is 0.0820 e. The summed E-state index contributed by atoms with van der Waals surface area (Å²) < 4.78 is 1.85. The summed E-state index contributed by atoms with van der Waals surface area (Å²) in [6.07, 6.45) is 10.6. The highest BCUT2D eigenvalue weighted by molar-refractivity contribution is 5.08. The molecule has 1 aromatic rings. The van der Waals surface area contributed by atoms with Crippen LogP contribution in [0.25, 0.3) is 0 Å². The lowest BCUT2D eigenvalue weighted by molar-refractivity contribution is 0.165. The Morgan fingerprint density at radius 2 is 2.33 bits per heavy atom. The molecule has 3 heteroatoms. The van der Waals surface area contributed by atoms with Crippen LogP contribution in [0.3, 0.4) is 0 Å². The van der Waals surface area contributed by atoms with Gasteiger partial charge in [0.25, 0.3) is 0 Å². The average molecular weight is 206 g/mol. The Kier molecular flexibility index (Phi) is 4.38. The van der Waals surface area contributed by atoms with E-state index in [0.29, 0.717) is 12.5 Å². The van der Waals surface area contributed by atoms with E-state index in [9.17, 15) is 5.11 Å². The predicted molar refractivity (Wildman–Crippen MR) is 60.3 cm³/mol. The van der Waals surface area contributed by atoms with Crippen molar-refractivity contribution in [2.45, 2.75) is 45.3 Å². The van der Waals surface area contributed by atoms with Gasteiger partial charge in [-0.2, -0.15) is 5.10 Å². The number of nitrogens with zero attached hydrogens (tertiary/aromatic N) is 2. The fourth-order valence-electron chi connectivity index (χ4n) is 1.37. The third-order valence-electron chi connectivity index (χ3n) is 2.33. The van der Waals surface area contributed by atoms with Gasteiger partial charge in [-0.15, -0.1) is 12.3 Å². The zero-order valence-electron chi connectivity index (χ0n) is 9.35. The van der Waals surface area contributed by atoms with Gasteiger partial charge in [-0.1, -0.05) is 0 Å². The number of aromatic nitrogens is 2. The maximum atomic E-state index is 9.82. The number of hydrogen-bond acceptors (Lipinski definition) is 2. The Morgan fingerprint density at radius 3 is 2.87 bits per heavy atom. The van der Waals surface area contributed by atoms with Crippen LogP contribution in [0.1, 0.15) is 50.8 Å². The monoisotopic (exact) mass is 206 g/mol. The molecule has 0 aliphatic carbocycles. The number of aliphatic hydroxyl groups is 1. The second kappa shape index (κ2) is 5.57. The largest absolute Gasteiger partial charge is 0.388 e. The lowest BCUT2D eigenvalue weighted by atomic mass is 10.1. The highest BCUT2D eigenvalue weighted by atomic mass is 16.3. The first-order valence-electron chi connectivity index (χ1n) is 5.30. The summed E-state index contributed by atoms with van der Waals surface area (Å²) in [5.74, 6) is 2.57. The molecular weight excluding hydrogens is 188 g/mol. The summed E-state index contributed by atoms with van der Waals surface area (Å²) in [6.45, 7) is 4.11. The third-order valence-corrected chi connectivity index (χ3v) is 2.33. The SMILES string of the molecule is C#CCCCC(O)c1cnn(C(C)C)c1. The van der Waals surface area contributed by atoms with Gasteiger partial charge < -0.3 is 5.11 Å². The van der Waals surface area contributed by atoms with Crippen molar-refractivity contribution in [3.05, 3.63) is 18.0 Å². The Balaban J connectivity index is 2.51. The molecule has 0 saturated heterocycles. The van der Waals surface area contributed by atoms with E-state index in [2.05, 4.69) is 24.9 Å². The molecule has 1 aromatic heterocycles. The topological polar surface area (TPSA) is 38.1 Å². The fraction of sp³-hybridized carbons (Fsp3) is 0.583. The molecule has 0 spiro atoms. The van der Waals surface area contributed by atoms with E-state index in [4.69, 9.17) is 6.42 Å². The summed E-state index contributed by atoms with van der Waals surface area (Å²) in [7, 11) is 0. The first-order valence-corrected chi connectivity index (χ1v) is 5.30. The first-order chi connectivity index (χ1) is 7.15. The van der Waals surface area contributed by atoms with Crippen LogP contribution in [0.4, 0.5) is 0 Å². The number of aliphatic hydroxyl groups excluding tert-OH is 1. The molecule has 1 atom stereocenters. The zero-order valence-corrected chi connectivity index (χ0v) is 9.35. The minimum Gasteiger partial charge on any atom is -0.388 e. The summed E-state index contributed by atoms with van der Waals surface area (Å²) >= 11 is 0. The Bertz CT molecular complexity index is 336. The summed E-state index contributed by atoms with van der Waals surface area (Å²) in [6, 6.07) is 0.330. The van der Waals surface area contributed by atoms with E-state index in [1.165, 1.54) is 0 Å². The van der Waals surface area contributed by atoms with E-state index >= 15 is 0 Å². The van der Waals surface area contributed by atoms with E-state index in [0.717, 1.165) is 18.4 Å². The quantitative estimate of drug-likeness (QED) is 0.593. The summed E-state index contributed by atoms with van der Waals surface area (Å²) in [5, 5.41) is 14.0. The standard InChI is InChI=1S/C12H18N2O/c1-4-5-6-7-12(15)11-8-13-14(9-11)10(2)3/h1,8-10,12,15H,5-7H2,2-3H3. The van der Waals surface area contributed by atoms with Crippen LogP contribution in [-0.4, -0.2) is 14.9 Å². The molecule has 1 heterocycles. The molecule has 82 valence electrons. The highest BCUT2D eigenvalue weighted by Gasteiger charge is 2.10. The van der Waals surface area contributed by atoms with Crippen LogP contribution in [0, 0.1) is 12.3 Å². The van der Waals surface area contributed by atoms with Crippen molar-refractivity contribution in [2.75, 3.05) is 0 Å². The van der Waals surface area contributed by atoms with Crippen LogP contribution in [0.15, 0.2) is 12.4 Å². The maximum absolute atomic E-state index is 9.82. The minimum atomic E-state index is -0.439. The van der Waals surface area contributed by atoms with Gasteiger partial charge in [-0.05, 0) is 26.7 Å². The van der Waals surface area contributed by atoms with E-state index in [-0.39, 0.29) is 0 Å². The molecular formula is C12H18N2O. The minimum absolute atomic E-state index is 0.330. The van der Waals surface area contributed by atoms with Crippen molar-refractivity contribution in [2.24, 2.45) is 0 Å². The van der Waals surface area contributed by atoms with Gasteiger partial charge in [0.15, 0.2) is 0 Å². The van der Waals surface area contributed by atoms with Crippen molar-refractivity contribution in [3.8, 4) is 12.3 Å². The molecule has 0 radical (unpaired) electrons. The van der Waals surface area contributed by atoms with Gasteiger partial charge in [0.05, 0.1) is 12.3 Å². The van der Waals surface area contributed by atoms with Gasteiger partial charge in [0, 0.05) is 24.2 Å². The molecule has 0 bridgehead atoms. The lowest BCUT2D eigenvalue weighted by Crippen LogP contribution is -2.00. The van der Waals surface area contributed by atoms with Crippen LogP contribution < -0.4 is 0 Å². The van der Waals surface area contributed by atoms with E-state index in [1.807, 2.05) is 10.9 Å². The number of rotatable bonds is 5. The van der Waals surface area contributed by atoms with Crippen LogP contribution in [0.2, 0.25) is 0 Å². The van der Waals surface area contributed by atoms with Gasteiger partial charge >= 0.3 is 0 Å². The van der Waals surface area contributed by atoms with Crippen molar-refractivity contribution in [1.82, 2.24) is 9.78 Å². The van der Waals surface area contributed by atoms with Crippen molar-refractivity contribution < 1.29 is 5.11 Å². The summed E-state index contributed by atoms with van der Waals surface area (Å²) in [4.78, 5) is 0. The highest BCUT2D eigenvalue weighted by Crippen LogP contribution is 2.19. The molecule has 3 nitrogen and oxygen atoms in total. The lowest BCUT2D eigenvalue weighted by Gasteiger charge is -2.07. The van der Waals surface area contributed by atoms with Gasteiger partial charge in [-0.25, -0.2) is 0 Å². The van der Waals surface area contributed by atoms with E-state index in [1.54, 1.807) is 6.20 Å². The van der Waals surface area contributed by atoms with Crippen LogP contribution >= 0.6 is 0 Å². The Morgan fingerprint density at radius 1 is 1.60 bits per heavy atom. The van der Waals surface area contributed by atoms with Crippen LogP contribution in [-0.2, 0) is 0 Å². The van der Waals surface area contributed by atoms with Gasteiger partial charge in [0.2, 0.25) is 0 Å². The molecule has 15 heavy (non-hydrogen) atoms. The second-order valence-electron chi connectivity index (χ2n) is 3.96. The molecule has 0 fully saturated rings. The average Bonchev–Trinajstić information content (AvgIpc) is 2.66. The molecule has 1 rings (SSSR count). The number of hydrogen-bond donors (Lipinski definition) is 1. The molecule has 1 unspecified atom stereocenters. The molecule has 0 aliphatic rings. The smallest absolute Gasteiger partial charge is 0.0820 e. The zero-order chi connectivity index (χ0) is 11.3. The van der Waals surface area contributed by atoms with Gasteiger partial charge in [-0.3, -0.25) is 4.68 Å². The third kappa shape index (κ3) is 3.41. The fourth-order valence-corrected chi connectivity index (χ4v) is 1.37. The van der Waals surface area contributed by atoms with Gasteiger partial charge in [0.1, 0.15) is 0 Å². The van der Waals surface area contributed by atoms with Crippen molar-refractivity contribution in [3.63, 3.8) is 0 Å². The van der Waals surface area contributed by atoms with Crippen LogP contribution in [0.5, 0.6) is 0 Å². The number of unbranched alkanes of at least 4 members (excludes halogenated alkanes) is 1. The Hall–Kier alpha value is -1.27. The van der Waals surface area contributed by atoms with E-state index < -0.39 is 6.10 Å². The normalized spacial score (nSPS) is 12.7. The first kappa shape index (κ1) is 11.8. The molecule has 0 aromatic carbocycles. The Labute approximate surface area is 91.1 Å². The summed E-state index contributed by atoms with van der Waals surface area (Å²) in [5.41, 5.74) is 0.876.